The molecule has 0 heterocycles. The summed E-state index contributed by atoms with van der Waals surface area (Å²) in [4.78, 5) is 15.1. The van der Waals surface area contributed by atoms with E-state index in [2.05, 4.69) is 11.6 Å². The van der Waals surface area contributed by atoms with Crippen molar-refractivity contribution in [2.24, 2.45) is 4.99 Å². The van der Waals surface area contributed by atoms with Gasteiger partial charge >= 0.3 is 11.9 Å². The minimum Gasteiger partial charge on any atom is -0.459 e. The Morgan fingerprint density at radius 2 is 2.17 bits per heavy atom. The fourth-order valence-corrected chi connectivity index (χ4v) is 1.21. The van der Waals surface area contributed by atoms with Crippen LogP contribution in [-0.4, -0.2) is 25.5 Å². The summed E-state index contributed by atoms with van der Waals surface area (Å²) in [6, 6.07) is 0. The standard InChI is InChI=1S/C12H15NO3.C2H6/c1-4-15-12(14)11(13-3)16-9(2)10-7-5-6-8-10;1-2/h5,7-8H,2,4,6H2,1,3H3;1-2H3. The van der Waals surface area contributed by atoms with Crippen molar-refractivity contribution >= 4 is 11.9 Å². The number of hydrogen-bond donors (Lipinski definition) is 0. The van der Waals surface area contributed by atoms with Crippen LogP contribution in [0.4, 0.5) is 0 Å². The van der Waals surface area contributed by atoms with Gasteiger partial charge in [0.2, 0.25) is 0 Å². The van der Waals surface area contributed by atoms with E-state index in [1.165, 1.54) is 7.05 Å². The molecule has 0 N–H and O–H groups in total. The van der Waals surface area contributed by atoms with Gasteiger partial charge in [-0.05, 0) is 13.3 Å². The topological polar surface area (TPSA) is 47.9 Å². The zero-order valence-corrected chi connectivity index (χ0v) is 11.5. The van der Waals surface area contributed by atoms with Crippen LogP contribution in [0.3, 0.4) is 0 Å². The summed E-state index contributed by atoms with van der Waals surface area (Å²) in [5.74, 6) is -0.246. The van der Waals surface area contributed by atoms with E-state index >= 15 is 0 Å². The summed E-state index contributed by atoms with van der Waals surface area (Å²) in [6.07, 6.45) is 6.69. The lowest BCUT2D eigenvalue weighted by molar-refractivity contribution is -0.136. The molecule has 18 heavy (non-hydrogen) atoms. The number of ether oxygens (including phenoxy) is 2. The van der Waals surface area contributed by atoms with Gasteiger partial charge in [-0.25, -0.2) is 9.79 Å². The van der Waals surface area contributed by atoms with Gasteiger partial charge in [0.1, 0.15) is 5.76 Å². The number of rotatable bonds is 3. The van der Waals surface area contributed by atoms with Crippen LogP contribution in [-0.2, 0) is 14.3 Å². The first-order valence-corrected chi connectivity index (χ1v) is 6.06. The van der Waals surface area contributed by atoms with Gasteiger partial charge in [0.15, 0.2) is 0 Å². The van der Waals surface area contributed by atoms with Crippen LogP contribution in [0.1, 0.15) is 27.2 Å². The van der Waals surface area contributed by atoms with Crippen molar-refractivity contribution in [2.45, 2.75) is 27.2 Å². The largest absolute Gasteiger partial charge is 0.459 e. The van der Waals surface area contributed by atoms with E-state index in [-0.39, 0.29) is 12.5 Å². The summed E-state index contributed by atoms with van der Waals surface area (Å²) in [5.41, 5.74) is 0.866. The Morgan fingerprint density at radius 3 is 2.61 bits per heavy atom. The number of hydrogen-bond acceptors (Lipinski definition) is 4. The molecule has 0 aromatic rings. The normalized spacial score (nSPS) is 13.3. The Morgan fingerprint density at radius 1 is 1.50 bits per heavy atom. The molecule has 1 rings (SSSR count). The highest BCUT2D eigenvalue weighted by Gasteiger charge is 2.16. The van der Waals surface area contributed by atoms with Crippen LogP contribution in [0.15, 0.2) is 41.1 Å². The maximum Gasteiger partial charge on any atom is 0.394 e. The van der Waals surface area contributed by atoms with Crippen molar-refractivity contribution < 1.29 is 14.3 Å². The highest BCUT2D eigenvalue weighted by molar-refractivity contribution is 6.32. The minimum absolute atomic E-state index is 0.0759. The lowest BCUT2D eigenvalue weighted by Crippen LogP contribution is -2.20. The molecule has 100 valence electrons. The highest BCUT2D eigenvalue weighted by atomic mass is 16.6. The summed E-state index contributed by atoms with van der Waals surface area (Å²) >= 11 is 0. The Labute approximate surface area is 109 Å². The first-order chi connectivity index (χ1) is 8.69. The van der Waals surface area contributed by atoms with Crippen LogP contribution in [0.25, 0.3) is 0 Å². The highest BCUT2D eigenvalue weighted by Crippen LogP contribution is 2.18. The van der Waals surface area contributed by atoms with Crippen molar-refractivity contribution in [3.05, 3.63) is 36.1 Å². The molecule has 0 spiro atoms. The first-order valence-electron chi connectivity index (χ1n) is 6.06. The quantitative estimate of drug-likeness (QED) is 0.335. The number of allylic oxidation sites excluding steroid dienone is 3. The molecule has 1 aliphatic carbocycles. The van der Waals surface area contributed by atoms with E-state index in [0.29, 0.717) is 5.76 Å². The van der Waals surface area contributed by atoms with Gasteiger partial charge in [0, 0.05) is 12.6 Å². The second-order valence-corrected chi connectivity index (χ2v) is 3.07. The van der Waals surface area contributed by atoms with Crippen molar-refractivity contribution in [3.63, 3.8) is 0 Å². The van der Waals surface area contributed by atoms with Gasteiger partial charge < -0.3 is 9.47 Å². The lowest BCUT2D eigenvalue weighted by Gasteiger charge is -2.09. The molecule has 0 atom stereocenters. The molecule has 0 saturated carbocycles. The summed E-state index contributed by atoms with van der Waals surface area (Å²) < 4.78 is 10.0. The molecule has 0 aromatic carbocycles. The second-order valence-electron chi connectivity index (χ2n) is 3.07. The monoisotopic (exact) mass is 251 g/mol. The molecular formula is C14H21NO3. The molecule has 0 amide bonds. The molecule has 1 aliphatic rings. The van der Waals surface area contributed by atoms with E-state index in [1.54, 1.807) is 6.92 Å². The van der Waals surface area contributed by atoms with Gasteiger partial charge in [0.25, 0.3) is 0 Å². The van der Waals surface area contributed by atoms with Gasteiger partial charge in [-0.15, -0.1) is 0 Å². The van der Waals surface area contributed by atoms with E-state index < -0.39 is 5.97 Å². The fourth-order valence-electron chi connectivity index (χ4n) is 1.21. The van der Waals surface area contributed by atoms with E-state index in [1.807, 2.05) is 32.1 Å². The van der Waals surface area contributed by atoms with Crippen molar-refractivity contribution in [3.8, 4) is 0 Å². The lowest BCUT2D eigenvalue weighted by atomic mass is 10.2. The molecule has 4 nitrogen and oxygen atoms in total. The predicted octanol–water partition coefficient (Wildman–Crippen LogP) is 3.02. The number of carbonyl (C=O) groups excluding carboxylic acids is 1. The number of nitrogens with zero attached hydrogens (tertiary/aromatic N) is 1. The number of aliphatic imine (C=N–C) groups is 1. The Kier molecular flexibility index (Phi) is 8.27. The van der Waals surface area contributed by atoms with Crippen LogP contribution in [0.2, 0.25) is 0 Å². The number of esters is 1. The Balaban J connectivity index is 0.00000137. The van der Waals surface area contributed by atoms with Gasteiger partial charge in [0.05, 0.1) is 6.61 Å². The maximum absolute atomic E-state index is 11.4. The summed E-state index contributed by atoms with van der Waals surface area (Å²) in [6.45, 7) is 9.75. The van der Waals surface area contributed by atoms with E-state index in [9.17, 15) is 4.79 Å². The van der Waals surface area contributed by atoms with Crippen molar-refractivity contribution in [1.82, 2.24) is 0 Å². The van der Waals surface area contributed by atoms with E-state index in [4.69, 9.17) is 9.47 Å². The Bertz CT molecular complexity index is 379. The summed E-state index contributed by atoms with van der Waals surface area (Å²) in [5, 5.41) is 0. The van der Waals surface area contributed by atoms with Crippen molar-refractivity contribution in [2.75, 3.05) is 13.7 Å². The van der Waals surface area contributed by atoms with Crippen molar-refractivity contribution in [1.29, 1.82) is 0 Å². The average molecular weight is 251 g/mol. The molecule has 4 heteroatoms. The van der Waals surface area contributed by atoms with Gasteiger partial charge in [-0.1, -0.05) is 38.7 Å². The predicted molar refractivity (Wildman–Crippen MR) is 73.4 cm³/mol. The molecule has 0 unspecified atom stereocenters. The molecule has 0 saturated heterocycles. The maximum atomic E-state index is 11.4. The van der Waals surface area contributed by atoms with Crippen LogP contribution in [0, 0.1) is 0 Å². The Hall–Kier alpha value is -1.84. The molecule has 0 aromatic heterocycles. The van der Waals surface area contributed by atoms with Crippen LogP contribution >= 0.6 is 0 Å². The molecule has 0 fully saturated rings. The van der Waals surface area contributed by atoms with E-state index in [0.717, 1.165) is 12.0 Å². The third kappa shape index (κ3) is 4.99. The van der Waals surface area contributed by atoms with Crippen LogP contribution in [0.5, 0.6) is 0 Å². The molecule has 0 bridgehead atoms. The third-order valence-corrected chi connectivity index (χ3v) is 1.97. The summed E-state index contributed by atoms with van der Waals surface area (Å²) in [7, 11) is 1.47. The molecule has 0 aliphatic heterocycles. The smallest absolute Gasteiger partial charge is 0.394 e. The average Bonchev–Trinajstić information content (AvgIpc) is 2.92. The van der Waals surface area contributed by atoms with Gasteiger partial charge in [-0.2, -0.15) is 0 Å². The third-order valence-electron chi connectivity index (χ3n) is 1.97. The van der Waals surface area contributed by atoms with Gasteiger partial charge in [-0.3, -0.25) is 0 Å². The first kappa shape index (κ1) is 16.2. The minimum atomic E-state index is -0.575. The second kappa shape index (κ2) is 9.22. The van der Waals surface area contributed by atoms with Crippen LogP contribution < -0.4 is 0 Å². The number of carbonyl (C=O) groups is 1. The SMILES string of the molecule is C=C(OC(=NC)C(=O)OCC)C1=CCC=C1.CC. The fraction of sp³-hybridized carbons (Fsp3) is 0.429. The zero-order chi connectivity index (χ0) is 14.0. The zero-order valence-electron chi connectivity index (χ0n) is 11.5. The molecule has 0 radical (unpaired) electrons. The molecular weight excluding hydrogens is 230 g/mol.